The second kappa shape index (κ2) is 8.33. The van der Waals surface area contributed by atoms with Crippen LogP contribution in [-0.4, -0.2) is 30.0 Å². The predicted molar refractivity (Wildman–Crippen MR) is 88.5 cm³/mol. The van der Waals surface area contributed by atoms with E-state index in [1.807, 2.05) is 31.2 Å². The second-order valence-electron chi connectivity index (χ2n) is 4.76. The van der Waals surface area contributed by atoms with E-state index < -0.39 is 5.97 Å². The van der Waals surface area contributed by atoms with E-state index in [1.165, 1.54) is 17.3 Å². The number of pyridine rings is 1. The minimum absolute atomic E-state index is 0.157. The van der Waals surface area contributed by atoms with Crippen molar-refractivity contribution < 1.29 is 14.3 Å². The van der Waals surface area contributed by atoms with E-state index in [-0.39, 0.29) is 19.1 Å². The molecule has 0 fully saturated rings. The molecular formula is C17H18N2O3S. The quantitative estimate of drug-likeness (QED) is 0.825. The Morgan fingerprint density at radius 1 is 1.22 bits per heavy atom. The van der Waals surface area contributed by atoms with Crippen LogP contribution in [0.25, 0.3) is 0 Å². The van der Waals surface area contributed by atoms with E-state index in [0.29, 0.717) is 10.6 Å². The SMILES string of the molecule is CCOC(=O)CNC(=O)c1cccnc1Sc1ccc(C)cc1. The number of rotatable bonds is 6. The van der Waals surface area contributed by atoms with E-state index >= 15 is 0 Å². The molecule has 0 aliphatic heterocycles. The average molecular weight is 330 g/mol. The Morgan fingerprint density at radius 3 is 2.65 bits per heavy atom. The minimum atomic E-state index is -0.461. The Labute approximate surface area is 139 Å². The molecule has 2 rings (SSSR count). The van der Waals surface area contributed by atoms with Crippen molar-refractivity contribution in [2.24, 2.45) is 0 Å². The van der Waals surface area contributed by atoms with Crippen molar-refractivity contribution in [2.45, 2.75) is 23.8 Å². The maximum absolute atomic E-state index is 12.2. The molecule has 1 amide bonds. The largest absolute Gasteiger partial charge is 0.465 e. The minimum Gasteiger partial charge on any atom is -0.465 e. The lowest BCUT2D eigenvalue weighted by molar-refractivity contribution is -0.141. The average Bonchev–Trinajstić information content (AvgIpc) is 2.55. The number of hydrogen-bond donors (Lipinski definition) is 1. The lowest BCUT2D eigenvalue weighted by atomic mass is 10.2. The number of carbonyl (C=O) groups is 2. The molecule has 120 valence electrons. The summed E-state index contributed by atoms with van der Waals surface area (Å²) in [4.78, 5) is 28.8. The van der Waals surface area contributed by atoms with Crippen LogP contribution in [0.5, 0.6) is 0 Å². The number of amides is 1. The summed E-state index contributed by atoms with van der Waals surface area (Å²) in [5.41, 5.74) is 1.60. The molecule has 0 radical (unpaired) electrons. The molecule has 0 saturated heterocycles. The molecule has 0 spiro atoms. The van der Waals surface area contributed by atoms with Gasteiger partial charge in [-0.1, -0.05) is 29.5 Å². The molecule has 0 aliphatic carbocycles. The standard InChI is InChI=1S/C17H18N2O3S/c1-3-22-15(20)11-19-16(21)14-5-4-10-18-17(14)23-13-8-6-12(2)7-9-13/h4-10H,3,11H2,1-2H3,(H,19,21). The summed E-state index contributed by atoms with van der Waals surface area (Å²) in [6.07, 6.45) is 1.64. The van der Waals surface area contributed by atoms with Crippen LogP contribution < -0.4 is 5.32 Å². The lowest BCUT2D eigenvalue weighted by Crippen LogP contribution is -2.31. The van der Waals surface area contributed by atoms with Crippen LogP contribution in [0, 0.1) is 6.92 Å². The molecule has 0 bridgehead atoms. The fourth-order valence-electron chi connectivity index (χ4n) is 1.82. The number of carbonyl (C=O) groups excluding carboxylic acids is 2. The van der Waals surface area contributed by atoms with E-state index in [4.69, 9.17) is 4.74 Å². The van der Waals surface area contributed by atoms with Gasteiger partial charge in [-0.25, -0.2) is 4.98 Å². The topological polar surface area (TPSA) is 68.3 Å². The number of ether oxygens (including phenoxy) is 1. The summed E-state index contributed by atoms with van der Waals surface area (Å²) in [6, 6.07) is 11.4. The van der Waals surface area contributed by atoms with Gasteiger partial charge in [0.1, 0.15) is 11.6 Å². The molecule has 0 unspecified atom stereocenters. The van der Waals surface area contributed by atoms with Gasteiger partial charge < -0.3 is 10.1 Å². The third kappa shape index (κ3) is 5.10. The van der Waals surface area contributed by atoms with Crippen LogP contribution in [-0.2, 0) is 9.53 Å². The smallest absolute Gasteiger partial charge is 0.325 e. The van der Waals surface area contributed by atoms with Crippen molar-refractivity contribution in [3.8, 4) is 0 Å². The summed E-state index contributed by atoms with van der Waals surface area (Å²) < 4.78 is 4.79. The van der Waals surface area contributed by atoms with Gasteiger partial charge in [0.2, 0.25) is 0 Å². The Bertz CT molecular complexity index is 686. The summed E-state index contributed by atoms with van der Waals surface area (Å²) in [6.45, 7) is 3.87. The van der Waals surface area contributed by atoms with Crippen LogP contribution in [0.1, 0.15) is 22.8 Å². The lowest BCUT2D eigenvalue weighted by Gasteiger charge is -2.09. The van der Waals surface area contributed by atoms with Gasteiger partial charge in [-0.05, 0) is 38.1 Å². The van der Waals surface area contributed by atoms with Crippen LogP contribution in [0.15, 0.2) is 52.5 Å². The van der Waals surface area contributed by atoms with Crippen molar-refractivity contribution >= 4 is 23.6 Å². The van der Waals surface area contributed by atoms with Gasteiger partial charge in [0.25, 0.3) is 5.91 Å². The fourth-order valence-corrected chi connectivity index (χ4v) is 2.70. The van der Waals surface area contributed by atoms with Gasteiger partial charge in [0.15, 0.2) is 0 Å². The zero-order valence-electron chi connectivity index (χ0n) is 13.0. The number of nitrogens with one attached hydrogen (secondary N) is 1. The molecule has 2 aromatic rings. The van der Waals surface area contributed by atoms with Crippen molar-refractivity contribution in [1.82, 2.24) is 10.3 Å². The Morgan fingerprint density at radius 2 is 1.96 bits per heavy atom. The van der Waals surface area contributed by atoms with E-state index in [0.717, 1.165) is 4.90 Å². The summed E-state index contributed by atoms with van der Waals surface area (Å²) in [7, 11) is 0. The highest BCUT2D eigenvalue weighted by Crippen LogP contribution is 2.28. The van der Waals surface area contributed by atoms with Gasteiger partial charge in [-0.3, -0.25) is 9.59 Å². The zero-order valence-corrected chi connectivity index (χ0v) is 13.9. The summed E-state index contributed by atoms with van der Waals surface area (Å²) >= 11 is 1.41. The number of hydrogen-bond acceptors (Lipinski definition) is 5. The highest BCUT2D eigenvalue weighted by molar-refractivity contribution is 7.99. The van der Waals surface area contributed by atoms with Crippen molar-refractivity contribution in [3.05, 3.63) is 53.7 Å². The van der Waals surface area contributed by atoms with Gasteiger partial charge >= 0.3 is 5.97 Å². The van der Waals surface area contributed by atoms with Gasteiger partial charge in [0.05, 0.1) is 12.2 Å². The Kier molecular flexibility index (Phi) is 6.17. The summed E-state index contributed by atoms with van der Waals surface area (Å²) in [5, 5.41) is 3.15. The highest BCUT2D eigenvalue weighted by atomic mass is 32.2. The molecule has 0 aliphatic rings. The molecule has 5 nitrogen and oxygen atoms in total. The van der Waals surface area contributed by atoms with Crippen molar-refractivity contribution in [3.63, 3.8) is 0 Å². The van der Waals surface area contributed by atoms with Crippen LogP contribution in [0.4, 0.5) is 0 Å². The number of nitrogens with zero attached hydrogens (tertiary/aromatic N) is 1. The van der Waals surface area contributed by atoms with Gasteiger partial charge in [0, 0.05) is 11.1 Å². The molecule has 1 aromatic heterocycles. The van der Waals surface area contributed by atoms with Gasteiger partial charge in [-0.15, -0.1) is 0 Å². The predicted octanol–water partition coefficient (Wildman–Crippen LogP) is 2.83. The third-order valence-electron chi connectivity index (χ3n) is 2.95. The normalized spacial score (nSPS) is 10.2. The van der Waals surface area contributed by atoms with Gasteiger partial charge in [-0.2, -0.15) is 0 Å². The molecule has 6 heteroatoms. The molecule has 23 heavy (non-hydrogen) atoms. The first-order valence-electron chi connectivity index (χ1n) is 7.23. The summed E-state index contributed by atoms with van der Waals surface area (Å²) in [5.74, 6) is -0.807. The maximum Gasteiger partial charge on any atom is 0.325 e. The molecule has 0 saturated carbocycles. The van der Waals surface area contributed by atoms with E-state index in [2.05, 4.69) is 10.3 Å². The fraction of sp³-hybridized carbons (Fsp3) is 0.235. The molecule has 0 atom stereocenters. The van der Waals surface area contributed by atoms with Crippen LogP contribution in [0.3, 0.4) is 0 Å². The Balaban J connectivity index is 2.09. The molecular weight excluding hydrogens is 312 g/mol. The monoisotopic (exact) mass is 330 g/mol. The first kappa shape index (κ1) is 17.0. The number of benzene rings is 1. The Hall–Kier alpha value is -2.34. The van der Waals surface area contributed by atoms with Crippen molar-refractivity contribution in [2.75, 3.05) is 13.2 Å². The number of aryl methyl sites for hydroxylation is 1. The first-order chi connectivity index (χ1) is 11.1. The maximum atomic E-state index is 12.2. The van der Waals surface area contributed by atoms with E-state index in [9.17, 15) is 9.59 Å². The molecule has 1 N–H and O–H groups in total. The number of esters is 1. The molecule has 1 aromatic carbocycles. The van der Waals surface area contributed by atoms with Crippen molar-refractivity contribution in [1.29, 1.82) is 0 Å². The van der Waals surface area contributed by atoms with Crippen LogP contribution >= 0.6 is 11.8 Å². The number of aromatic nitrogens is 1. The zero-order chi connectivity index (χ0) is 16.7. The molecule has 1 heterocycles. The highest BCUT2D eigenvalue weighted by Gasteiger charge is 2.14. The third-order valence-corrected chi connectivity index (χ3v) is 3.98. The first-order valence-corrected chi connectivity index (χ1v) is 8.05. The van der Waals surface area contributed by atoms with E-state index in [1.54, 1.807) is 25.3 Å². The van der Waals surface area contributed by atoms with Crippen LogP contribution in [0.2, 0.25) is 0 Å². The second-order valence-corrected chi connectivity index (χ2v) is 5.82.